The molecule has 0 atom stereocenters. The molecule has 94 valence electrons. The van der Waals surface area contributed by atoms with Crippen molar-refractivity contribution < 1.29 is 4.74 Å². The Morgan fingerprint density at radius 2 is 2.00 bits per heavy atom. The molecule has 0 aliphatic carbocycles. The number of hydrogen-bond donors (Lipinski definition) is 2. The lowest BCUT2D eigenvalue weighted by Gasteiger charge is -2.20. The molecule has 0 saturated carbocycles. The van der Waals surface area contributed by atoms with E-state index in [1.54, 1.807) is 0 Å². The fourth-order valence-corrected chi connectivity index (χ4v) is 1.55. The van der Waals surface area contributed by atoms with E-state index in [1.807, 2.05) is 13.0 Å². The first kappa shape index (κ1) is 13.6. The molecule has 0 aliphatic heterocycles. The predicted molar refractivity (Wildman–Crippen MR) is 71.9 cm³/mol. The molecule has 17 heavy (non-hydrogen) atoms. The van der Waals surface area contributed by atoms with Gasteiger partial charge in [-0.3, -0.25) is 5.41 Å². The summed E-state index contributed by atoms with van der Waals surface area (Å²) in [7, 11) is 0. The molecule has 3 N–H and O–H groups in total. The molecule has 0 radical (unpaired) electrons. The highest BCUT2D eigenvalue weighted by Gasteiger charge is 2.14. The van der Waals surface area contributed by atoms with E-state index in [9.17, 15) is 0 Å². The van der Waals surface area contributed by atoms with Crippen molar-refractivity contribution in [2.24, 2.45) is 5.73 Å². The molecular formula is C14H22N2O. The van der Waals surface area contributed by atoms with Crippen LogP contribution in [-0.4, -0.2) is 12.4 Å². The van der Waals surface area contributed by atoms with Crippen LogP contribution in [-0.2, 0) is 5.41 Å². The normalized spacial score (nSPS) is 11.3. The maximum Gasteiger partial charge on any atom is 0.122 e. The van der Waals surface area contributed by atoms with Gasteiger partial charge in [0, 0.05) is 6.42 Å². The van der Waals surface area contributed by atoms with E-state index < -0.39 is 0 Å². The van der Waals surface area contributed by atoms with E-state index in [0.717, 1.165) is 11.3 Å². The van der Waals surface area contributed by atoms with Gasteiger partial charge in [0.25, 0.3) is 0 Å². The fraction of sp³-hybridized carbons (Fsp3) is 0.500. The molecular weight excluding hydrogens is 212 g/mol. The van der Waals surface area contributed by atoms with Crippen LogP contribution in [0.2, 0.25) is 0 Å². The average molecular weight is 234 g/mol. The highest BCUT2D eigenvalue weighted by atomic mass is 16.5. The Bertz CT molecular complexity index is 405. The van der Waals surface area contributed by atoms with Crippen molar-refractivity contribution in [2.45, 2.75) is 39.5 Å². The predicted octanol–water partition coefficient (Wildman–Crippen LogP) is 3.00. The molecule has 0 aliphatic rings. The van der Waals surface area contributed by atoms with Crippen molar-refractivity contribution in [3.63, 3.8) is 0 Å². The second kappa shape index (κ2) is 5.21. The van der Waals surface area contributed by atoms with Crippen molar-refractivity contribution >= 4 is 5.84 Å². The second-order valence-corrected chi connectivity index (χ2v) is 5.35. The van der Waals surface area contributed by atoms with E-state index in [4.69, 9.17) is 15.9 Å². The van der Waals surface area contributed by atoms with Gasteiger partial charge in [-0.05, 0) is 29.5 Å². The summed E-state index contributed by atoms with van der Waals surface area (Å²) < 4.78 is 5.59. The minimum absolute atomic E-state index is 0.155. The lowest BCUT2D eigenvalue weighted by molar-refractivity contribution is 0.326. The van der Waals surface area contributed by atoms with Crippen molar-refractivity contribution in [1.29, 1.82) is 5.41 Å². The Morgan fingerprint density at radius 1 is 1.35 bits per heavy atom. The summed E-state index contributed by atoms with van der Waals surface area (Å²) in [5, 5.41) is 7.13. The van der Waals surface area contributed by atoms with Crippen molar-refractivity contribution in [1.82, 2.24) is 0 Å². The molecule has 3 nitrogen and oxygen atoms in total. The quantitative estimate of drug-likeness (QED) is 0.621. The third-order valence-electron chi connectivity index (χ3n) is 2.67. The Labute approximate surface area is 103 Å². The smallest absolute Gasteiger partial charge is 0.122 e. The first-order valence-corrected chi connectivity index (χ1v) is 5.87. The zero-order valence-corrected chi connectivity index (χ0v) is 11.1. The summed E-state index contributed by atoms with van der Waals surface area (Å²) in [5.74, 6) is 1.04. The third kappa shape index (κ3) is 4.10. The van der Waals surface area contributed by atoms with Crippen molar-refractivity contribution in [3.8, 4) is 5.75 Å². The van der Waals surface area contributed by atoms with Crippen LogP contribution in [0.3, 0.4) is 0 Å². The largest absolute Gasteiger partial charge is 0.493 e. The van der Waals surface area contributed by atoms with Crippen LogP contribution in [0.1, 0.15) is 38.3 Å². The lowest BCUT2D eigenvalue weighted by Crippen LogP contribution is -2.14. The van der Waals surface area contributed by atoms with Gasteiger partial charge in [-0.1, -0.05) is 32.9 Å². The highest BCUT2D eigenvalue weighted by molar-refractivity contribution is 5.76. The molecule has 0 spiro atoms. The van der Waals surface area contributed by atoms with Crippen LogP contribution in [0.4, 0.5) is 0 Å². The Hall–Kier alpha value is -1.51. The number of aryl methyl sites for hydroxylation is 1. The number of rotatable bonds is 4. The monoisotopic (exact) mass is 234 g/mol. The topological polar surface area (TPSA) is 59.1 Å². The SMILES string of the molecule is Cc1cc(C(C)(C)C)ccc1OCCC(=N)N. The molecule has 0 fully saturated rings. The van der Waals surface area contributed by atoms with Gasteiger partial charge in [-0.2, -0.15) is 0 Å². The van der Waals surface area contributed by atoms with Crippen molar-refractivity contribution in [3.05, 3.63) is 29.3 Å². The molecule has 0 saturated heterocycles. The summed E-state index contributed by atoms with van der Waals surface area (Å²) in [4.78, 5) is 0. The highest BCUT2D eigenvalue weighted by Crippen LogP contribution is 2.27. The summed E-state index contributed by atoms with van der Waals surface area (Å²) in [6.45, 7) is 9.08. The molecule has 0 bridgehead atoms. The van der Waals surface area contributed by atoms with Gasteiger partial charge in [-0.15, -0.1) is 0 Å². The third-order valence-corrected chi connectivity index (χ3v) is 2.67. The Morgan fingerprint density at radius 3 is 2.47 bits per heavy atom. The first-order valence-electron chi connectivity index (χ1n) is 5.87. The molecule has 3 heteroatoms. The second-order valence-electron chi connectivity index (χ2n) is 5.35. The van der Waals surface area contributed by atoms with Crippen LogP contribution in [0.25, 0.3) is 0 Å². The lowest BCUT2D eigenvalue weighted by atomic mass is 9.86. The number of hydrogen-bond acceptors (Lipinski definition) is 2. The van der Waals surface area contributed by atoms with E-state index >= 15 is 0 Å². The summed E-state index contributed by atoms with van der Waals surface area (Å²) in [5.41, 5.74) is 7.86. The van der Waals surface area contributed by atoms with Crippen LogP contribution in [0.5, 0.6) is 5.75 Å². The molecule has 1 rings (SSSR count). The number of nitrogens with two attached hydrogens (primary N) is 1. The number of ether oxygens (including phenoxy) is 1. The fourth-order valence-electron chi connectivity index (χ4n) is 1.55. The zero-order valence-electron chi connectivity index (χ0n) is 11.1. The Kier molecular flexibility index (Phi) is 4.16. The summed E-state index contributed by atoms with van der Waals surface area (Å²) in [6.07, 6.45) is 0.473. The Balaban J connectivity index is 2.73. The molecule has 0 unspecified atom stereocenters. The van der Waals surface area contributed by atoms with Gasteiger partial charge < -0.3 is 10.5 Å². The standard InChI is InChI=1S/C14H22N2O/c1-10-9-11(14(2,3)4)5-6-12(10)17-8-7-13(15)16/h5-6,9H,7-8H2,1-4H3,(H3,15,16). The average Bonchev–Trinajstić information content (AvgIpc) is 2.18. The minimum Gasteiger partial charge on any atom is -0.493 e. The van der Waals surface area contributed by atoms with Gasteiger partial charge in [0.05, 0.1) is 12.4 Å². The molecule has 0 amide bonds. The van der Waals surface area contributed by atoms with Crippen LogP contribution < -0.4 is 10.5 Å². The summed E-state index contributed by atoms with van der Waals surface area (Å²) >= 11 is 0. The maximum absolute atomic E-state index is 7.13. The maximum atomic E-state index is 7.13. The number of nitrogens with one attached hydrogen (secondary N) is 1. The summed E-state index contributed by atoms with van der Waals surface area (Å²) in [6, 6.07) is 6.25. The number of benzene rings is 1. The zero-order chi connectivity index (χ0) is 13.1. The molecule has 0 aromatic heterocycles. The first-order chi connectivity index (χ1) is 7.80. The van der Waals surface area contributed by atoms with Gasteiger partial charge >= 0.3 is 0 Å². The van der Waals surface area contributed by atoms with Crippen LogP contribution in [0.15, 0.2) is 18.2 Å². The van der Waals surface area contributed by atoms with Gasteiger partial charge in [-0.25, -0.2) is 0 Å². The van der Waals surface area contributed by atoms with Gasteiger partial charge in [0.2, 0.25) is 0 Å². The van der Waals surface area contributed by atoms with Crippen molar-refractivity contribution in [2.75, 3.05) is 6.61 Å². The van der Waals surface area contributed by atoms with Crippen LogP contribution in [0, 0.1) is 12.3 Å². The van der Waals surface area contributed by atoms with Gasteiger partial charge in [0.1, 0.15) is 5.75 Å². The molecule has 1 aromatic rings. The van der Waals surface area contributed by atoms with Crippen LogP contribution >= 0.6 is 0 Å². The van der Waals surface area contributed by atoms with E-state index in [0.29, 0.717) is 13.0 Å². The molecule has 1 aromatic carbocycles. The van der Waals surface area contributed by atoms with E-state index in [2.05, 4.69) is 32.9 Å². The van der Waals surface area contributed by atoms with Gasteiger partial charge in [0.15, 0.2) is 0 Å². The molecule has 0 heterocycles. The minimum atomic E-state index is 0.155. The number of amidine groups is 1. The van der Waals surface area contributed by atoms with E-state index in [1.165, 1.54) is 5.56 Å². The van der Waals surface area contributed by atoms with E-state index in [-0.39, 0.29) is 11.3 Å².